The highest BCUT2D eigenvalue weighted by Gasteiger charge is 2.29. The minimum atomic E-state index is -4.64. The summed E-state index contributed by atoms with van der Waals surface area (Å²) in [5, 5.41) is 14.1. The van der Waals surface area contributed by atoms with Crippen molar-refractivity contribution in [3.63, 3.8) is 0 Å². The third-order valence-corrected chi connectivity index (χ3v) is 6.89. The number of thiazole rings is 1. The van der Waals surface area contributed by atoms with Crippen LogP contribution >= 0.6 is 11.3 Å². The van der Waals surface area contributed by atoms with E-state index in [-0.39, 0.29) is 21.6 Å². The van der Waals surface area contributed by atoms with E-state index >= 15 is 0 Å². The molecule has 37 heavy (non-hydrogen) atoms. The summed E-state index contributed by atoms with van der Waals surface area (Å²) in [5.41, 5.74) is 0.165. The molecule has 3 rings (SSSR count). The van der Waals surface area contributed by atoms with Crippen molar-refractivity contribution in [1.82, 2.24) is 14.8 Å². The number of carbonyl (C=O) groups is 2. The molecule has 13 heteroatoms. The Morgan fingerprint density at radius 2 is 1.97 bits per heavy atom. The molecule has 2 N–H and O–H groups in total. The number of rotatable bonds is 8. The topological polar surface area (TPSA) is 110 Å². The average molecular weight is 537 g/mol. The lowest BCUT2D eigenvalue weighted by Crippen LogP contribution is -2.37. The summed E-state index contributed by atoms with van der Waals surface area (Å²) in [5.74, 6) is -1.25. The quantitative estimate of drug-likeness (QED) is 0.525. The van der Waals surface area contributed by atoms with Gasteiger partial charge in [-0.1, -0.05) is 6.07 Å². The van der Waals surface area contributed by atoms with Crippen molar-refractivity contribution in [3.8, 4) is 6.07 Å². The first-order chi connectivity index (χ1) is 17.5. The van der Waals surface area contributed by atoms with Gasteiger partial charge in [-0.05, 0) is 51.1 Å². The van der Waals surface area contributed by atoms with E-state index in [9.17, 15) is 32.8 Å². The number of nitrogens with zero attached hydrogens (tertiary/aromatic N) is 4. The molecular formula is C24H27F3N6O3S. The summed E-state index contributed by atoms with van der Waals surface area (Å²) in [6.45, 7) is 2.28. The van der Waals surface area contributed by atoms with Crippen LogP contribution in [0.5, 0.6) is 0 Å². The van der Waals surface area contributed by atoms with Crippen LogP contribution in [0.15, 0.2) is 29.1 Å². The van der Waals surface area contributed by atoms with Crippen molar-refractivity contribution in [1.29, 1.82) is 5.26 Å². The van der Waals surface area contributed by atoms with Crippen molar-refractivity contribution < 1.29 is 22.8 Å². The van der Waals surface area contributed by atoms with Crippen LogP contribution in [0.3, 0.4) is 0 Å². The zero-order valence-corrected chi connectivity index (χ0v) is 21.2. The SMILES string of the molecule is CCn1c(=C(C#N)C(=O)NCC(F)(F)F)sc(=CNc2cccc(N(C)C(=O)CN3CCCC3)c2)c1=O. The van der Waals surface area contributed by atoms with Crippen LogP contribution in [0.2, 0.25) is 0 Å². The second-order valence-corrected chi connectivity index (χ2v) is 9.41. The number of aromatic nitrogens is 1. The molecule has 1 aromatic heterocycles. The van der Waals surface area contributed by atoms with Crippen LogP contribution in [-0.4, -0.2) is 60.7 Å². The number of nitrogens with one attached hydrogen (secondary N) is 2. The molecule has 0 radical (unpaired) electrons. The summed E-state index contributed by atoms with van der Waals surface area (Å²) in [7, 11) is 1.69. The molecule has 0 bridgehead atoms. The fourth-order valence-electron chi connectivity index (χ4n) is 3.79. The molecule has 1 aliphatic rings. The van der Waals surface area contributed by atoms with E-state index in [2.05, 4.69) is 10.2 Å². The van der Waals surface area contributed by atoms with Crippen molar-refractivity contribution >= 4 is 46.3 Å². The maximum Gasteiger partial charge on any atom is 0.405 e. The number of halogens is 3. The van der Waals surface area contributed by atoms with Gasteiger partial charge in [0, 0.05) is 31.2 Å². The van der Waals surface area contributed by atoms with Gasteiger partial charge in [0.1, 0.15) is 21.8 Å². The van der Waals surface area contributed by atoms with Gasteiger partial charge >= 0.3 is 6.18 Å². The first-order valence-electron chi connectivity index (χ1n) is 11.6. The first-order valence-corrected chi connectivity index (χ1v) is 12.4. The number of nitriles is 1. The number of hydrogen-bond donors (Lipinski definition) is 2. The average Bonchev–Trinajstić information content (AvgIpc) is 3.48. The molecule has 0 atom stereocenters. The van der Waals surface area contributed by atoms with Gasteiger partial charge in [-0.25, -0.2) is 0 Å². The maximum absolute atomic E-state index is 12.8. The van der Waals surface area contributed by atoms with Crippen LogP contribution in [0, 0.1) is 11.3 Å². The van der Waals surface area contributed by atoms with Crippen molar-refractivity contribution in [2.75, 3.05) is 43.4 Å². The number of likely N-dealkylation sites (N-methyl/N-ethyl adjacent to an activating group) is 1. The molecule has 1 aliphatic heterocycles. The van der Waals surface area contributed by atoms with E-state index in [1.165, 1.54) is 6.20 Å². The highest BCUT2D eigenvalue weighted by Crippen LogP contribution is 2.19. The summed E-state index contributed by atoms with van der Waals surface area (Å²) >= 11 is 0.818. The molecule has 198 valence electrons. The number of amides is 2. The summed E-state index contributed by atoms with van der Waals surface area (Å²) in [4.78, 5) is 41.4. The van der Waals surface area contributed by atoms with Gasteiger partial charge in [-0.15, -0.1) is 11.3 Å². The molecule has 0 spiro atoms. The van der Waals surface area contributed by atoms with Gasteiger partial charge in [0.2, 0.25) is 5.91 Å². The zero-order valence-electron chi connectivity index (χ0n) is 20.4. The standard InChI is InChI=1S/C24H27F3N6O3S/c1-3-33-22(36)19(37-23(33)18(12-28)21(35)30-15-24(25,26)27)13-29-16-7-6-8-17(11-16)31(2)20(34)14-32-9-4-5-10-32/h6-8,11,13,29H,3-5,9-10,14-15H2,1-2H3,(H,30,35). The van der Waals surface area contributed by atoms with Crippen molar-refractivity contribution in [2.24, 2.45) is 0 Å². The Labute approximate surface area is 215 Å². The summed E-state index contributed by atoms with van der Waals surface area (Å²) in [6, 6.07) is 8.63. The van der Waals surface area contributed by atoms with Crippen molar-refractivity contribution in [3.05, 3.63) is 43.8 Å². The molecule has 0 aliphatic carbocycles. The van der Waals surface area contributed by atoms with Gasteiger partial charge < -0.3 is 15.5 Å². The molecule has 9 nitrogen and oxygen atoms in total. The second-order valence-electron chi connectivity index (χ2n) is 8.38. The van der Waals surface area contributed by atoms with E-state index in [0.717, 1.165) is 41.8 Å². The van der Waals surface area contributed by atoms with Crippen LogP contribution in [-0.2, 0) is 16.1 Å². The number of benzene rings is 1. The largest absolute Gasteiger partial charge is 0.405 e. The van der Waals surface area contributed by atoms with E-state index in [4.69, 9.17) is 0 Å². The van der Waals surface area contributed by atoms with E-state index in [0.29, 0.717) is 17.9 Å². The van der Waals surface area contributed by atoms with Gasteiger partial charge in [0.25, 0.3) is 11.5 Å². The summed E-state index contributed by atoms with van der Waals surface area (Å²) < 4.78 is 38.7. The third kappa shape index (κ3) is 7.21. The number of alkyl halides is 3. The Bertz CT molecular complexity index is 1370. The molecule has 1 fully saturated rings. The minimum absolute atomic E-state index is 0.0382. The Morgan fingerprint density at radius 1 is 1.27 bits per heavy atom. The van der Waals surface area contributed by atoms with E-state index < -0.39 is 29.8 Å². The zero-order chi connectivity index (χ0) is 27.2. The lowest BCUT2D eigenvalue weighted by Gasteiger charge is -2.21. The van der Waals surface area contributed by atoms with Crippen LogP contribution in [0.1, 0.15) is 19.8 Å². The fourth-order valence-corrected chi connectivity index (χ4v) is 4.88. The van der Waals surface area contributed by atoms with Gasteiger partial charge in [0.05, 0.1) is 6.54 Å². The Morgan fingerprint density at radius 3 is 2.59 bits per heavy atom. The molecule has 2 amide bonds. The Hall–Kier alpha value is -3.63. The van der Waals surface area contributed by atoms with Crippen LogP contribution in [0.4, 0.5) is 24.5 Å². The van der Waals surface area contributed by atoms with Gasteiger partial charge in [-0.2, -0.15) is 18.4 Å². The molecular weight excluding hydrogens is 509 g/mol. The molecule has 1 saturated heterocycles. The van der Waals surface area contributed by atoms with Gasteiger partial charge in [-0.3, -0.25) is 23.9 Å². The van der Waals surface area contributed by atoms with E-state index in [1.54, 1.807) is 54.5 Å². The fraction of sp³-hybridized carbons (Fsp3) is 0.417. The van der Waals surface area contributed by atoms with Gasteiger partial charge in [0.15, 0.2) is 5.57 Å². The molecule has 2 aromatic rings. The lowest BCUT2D eigenvalue weighted by molar-refractivity contribution is -0.135. The third-order valence-electron chi connectivity index (χ3n) is 5.76. The molecule has 1 aromatic carbocycles. The summed E-state index contributed by atoms with van der Waals surface area (Å²) in [6.07, 6.45) is -1.07. The predicted molar refractivity (Wildman–Crippen MR) is 135 cm³/mol. The lowest BCUT2D eigenvalue weighted by atomic mass is 10.2. The van der Waals surface area contributed by atoms with Crippen molar-refractivity contribution in [2.45, 2.75) is 32.5 Å². The minimum Gasteiger partial charge on any atom is -0.360 e. The number of carbonyl (C=O) groups excluding carboxylic acids is 2. The predicted octanol–water partition coefficient (Wildman–Crippen LogP) is 1.19. The normalized spacial score (nSPS) is 15.3. The highest BCUT2D eigenvalue weighted by atomic mass is 32.1. The second kappa shape index (κ2) is 12.1. The van der Waals surface area contributed by atoms with Crippen LogP contribution in [0.25, 0.3) is 11.8 Å². The molecule has 0 unspecified atom stereocenters. The number of hydrogen-bond acceptors (Lipinski definition) is 7. The maximum atomic E-state index is 12.8. The Balaban J connectivity index is 1.86. The first kappa shape index (κ1) is 27.9. The Kier molecular flexibility index (Phi) is 9.12. The molecule has 2 heterocycles. The van der Waals surface area contributed by atoms with Crippen LogP contribution < -0.4 is 30.3 Å². The monoisotopic (exact) mass is 536 g/mol. The van der Waals surface area contributed by atoms with E-state index in [1.807, 2.05) is 0 Å². The number of anilines is 2. The smallest absolute Gasteiger partial charge is 0.360 e. The molecule has 0 saturated carbocycles. The number of likely N-dealkylation sites (tertiary alicyclic amines) is 1. The highest BCUT2D eigenvalue weighted by molar-refractivity contribution is 7.07.